The summed E-state index contributed by atoms with van der Waals surface area (Å²) in [6.45, 7) is 6.69. The Labute approximate surface area is 204 Å². The van der Waals surface area contributed by atoms with E-state index in [9.17, 15) is 14.9 Å². The summed E-state index contributed by atoms with van der Waals surface area (Å²) in [6.07, 6.45) is 0. The quantitative estimate of drug-likeness (QED) is 0.594. The molecule has 1 aromatic carbocycles. The highest BCUT2D eigenvalue weighted by Gasteiger charge is 2.28. The number of carbonyl (C=O) groups is 2. The molecule has 0 unspecified atom stereocenters. The molecule has 2 amide bonds. The second-order valence-corrected chi connectivity index (χ2v) is 8.50. The molecule has 3 heterocycles. The van der Waals surface area contributed by atoms with Crippen LogP contribution in [0.3, 0.4) is 0 Å². The van der Waals surface area contributed by atoms with Crippen LogP contribution in [0.5, 0.6) is 11.5 Å². The van der Waals surface area contributed by atoms with Crippen LogP contribution in [0.25, 0.3) is 0 Å². The van der Waals surface area contributed by atoms with E-state index in [1.165, 1.54) is 0 Å². The number of benzene rings is 1. The minimum absolute atomic E-state index is 0.0626. The highest BCUT2D eigenvalue weighted by atomic mass is 16.5. The fourth-order valence-corrected chi connectivity index (χ4v) is 4.41. The number of aryl methyl sites for hydroxylation is 1. The van der Waals surface area contributed by atoms with Gasteiger partial charge in [-0.2, -0.15) is 5.26 Å². The second kappa shape index (κ2) is 10.7. The van der Waals surface area contributed by atoms with Crippen molar-refractivity contribution in [1.29, 1.82) is 5.26 Å². The summed E-state index contributed by atoms with van der Waals surface area (Å²) >= 11 is 0. The molecule has 0 saturated carbocycles. The van der Waals surface area contributed by atoms with Crippen LogP contribution in [0.4, 0.5) is 5.88 Å². The van der Waals surface area contributed by atoms with Gasteiger partial charge in [-0.1, -0.05) is 0 Å². The van der Waals surface area contributed by atoms with Crippen LogP contribution in [-0.4, -0.2) is 105 Å². The molecular weight excluding hydrogens is 452 g/mol. The van der Waals surface area contributed by atoms with Crippen molar-refractivity contribution in [2.45, 2.75) is 6.92 Å². The zero-order chi connectivity index (χ0) is 24.9. The Hall–Kier alpha value is -3.78. The van der Waals surface area contributed by atoms with Gasteiger partial charge in [0.25, 0.3) is 5.91 Å². The van der Waals surface area contributed by atoms with Crippen LogP contribution >= 0.6 is 0 Å². The number of oxazole rings is 1. The number of hydrogen-bond acceptors (Lipinski definition) is 9. The molecule has 0 atom stereocenters. The summed E-state index contributed by atoms with van der Waals surface area (Å²) in [6, 6.07) is 7.21. The van der Waals surface area contributed by atoms with Gasteiger partial charge in [0.15, 0.2) is 17.4 Å². The molecule has 0 N–H and O–H groups in total. The van der Waals surface area contributed by atoms with Crippen molar-refractivity contribution in [3.05, 3.63) is 35.3 Å². The Morgan fingerprint density at radius 2 is 1.66 bits per heavy atom. The molecule has 35 heavy (non-hydrogen) atoms. The number of piperazine rings is 2. The Morgan fingerprint density at radius 3 is 2.29 bits per heavy atom. The number of nitriles is 1. The van der Waals surface area contributed by atoms with Gasteiger partial charge < -0.3 is 28.6 Å². The summed E-state index contributed by atoms with van der Waals surface area (Å²) in [7, 11) is 3.10. The van der Waals surface area contributed by atoms with Crippen molar-refractivity contribution in [3.63, 3.8) is 0 Å². The first kappa shape index (κ1) is 24.3. The first-order valence-electron chi connectivity index (χ1n) is 11.6. The van der Waals surface area contributed by atoms with Crippen LogP contribution in [0.2, 0.25) is 0 Å². The SMILES string of the molecule is COc1ccc(C(=O)N2CCN(CC(=O)N3CCN(c4oc(C)nc4C#N)CC3)CC2)cc1OC. The number of nitrogens with zero attached hydrogens (tertiary/aromatic N) is 6. The second-order valence-electron chi connectivity index (χ2n) is 8.50. The van der Waals surface area contributed by atoms with Gasteiger partial charge >= 0.3 is 0 Å². The molecule has 0 radical (unpaired) electrons. The maximum absolute atomic E-state index is 12.9. The standard InChI is InChI=1S/C24H30N6O5/c1-17-26-19(15-25)24(35-17)30-12-10-28(11-13-30)22(31)16-27-6-8-29(9-7-27)23(32)18-4-5-20(33-2)21(14-18)34-3/h4-5,14H,6-13,16H2,1-3H3. The van der Waals surface area contributed by atoms with Crippen LogP contribution < -0.4 is 14.4 Å². The number of methoxy groups -OCH3 is 2. The Morgan fingerprint density at radius 1 is 1.00 bits per heavy atom. The summed E-state index contributed by atoms with van der Waals surface area (Å²) in [5.41, 5.74) is 0.828. The number of anilines is 1. The first-order valence-corrected chi connectivity index (χ1v) is 11.6. The molecule has 1 aromatic heterocycles. The lowest BCUT2D eigenvalue weighted by Crippen LogP contribution is -2.54. The van der Waals surface area contributed by atoms with Gasteiger partial charge in [-0.05, 0) is 18.2 Å². The molecule has 4 rings (SSSR count). The average molecular weight is 483 g/mol. The topological polar surface area (TPSA) is 115 Å². The normalized spacial score (nSPS) is 16.7. The van der Waals surface area contributed by atoms with Gasteiger partial charge in [0.2, 0.25) is 17.5 Å². The number of amides is 2. The molecule has 2 saturated heterocycles. The van der Waals surface area contributed by atoms with E-state index in [-0.39, 0.29) is 17.5 Å². The molecule has 186 valence electrons. The zero-order valence-electron chi connectivity index (χ0n) is 20.3. The van der Waals surface area contributed by atoms with E-state index in [0.717, 1.165) is 0 Å². The zero-order valence-corrected chi connectivity index (χ0v) is 20.3. The van der Waals surface area contributed by atoms with Crippen molar-refractivity contribution in [2.75, 3.05) is 78.0 Å². The van der Waals surface area contributed by atoms with E-state index < -0.39 is 0 Å². The van der Waals surface area contributed by atoms with Crippen molar-refractivity contribution in [3.8, 4) is 17.6 Å². The smallest absolute Gasteiger partial charge is 0.254 e. The molecule has 0 spiro atoms. The summed E-state index contributed by atoms with van der Waals surface area (Å²) in [5, 5.41) is 9.24. The van der Waals surface area contributed by atoms with Crippen molar-refractivity contribution < 1.29 is 23.5 Å². The molecule has 2 aliphatic heterocycles. The predicted molar refractivity (Wildman–Crippen MR) is 127 cm³/mol. The van der Waals surface area contributed by atoms with Gasteiger partial charge in [-0.3, -0.25) is 14.5 Å². The van der Waals surface area contributed by atoms with Gasteiger partial charge in [0.1, 0.15) is 6.07 Å². The molecule has 2 aromatic rings. The molecule has 0 bridgehead atoms. The highest BCUT2D eigenvalue weighted by Crippen LogP contribution is 2.28. The number of ether oxygens (including phenoxy) is 2. The number of rotatable bonds is 6. The minimum atomic E-state index is -0.0626. The summed E-state index contributed by atoms with van der Waals surface area (Å²) in [5.74, 6) is 2.04. The van der Waals surface area contributed by atoms with Gasteiger partial charge in [0, 0.05) is 64.8 Å². The molecule has 2 fully saturated rings. The lowest BCUT2D eigenvalue weighted by molar-refractivity contribution is -0.133. The number of aromatic nitrogens is 1. The fourth-order valence-electron chi connectivity index (χ4n) is 4.41. The lowest BCUT2D eigenvalue weighted by atomic mass is 10.1. The maximum atomic E-state index is 12.9. The Balaban J connectivity index is 1.25. The average Bonchev–Trinajstić information content (AvgIpc) is 3.29. The lowest BCUT2D eigenvalue weighted by Gasteiger charge is -2.38. The monoisotopic (exact) mass is 482 g/mol. The van der Waals surface area contributed by atoms with Crippen molar-refractivity contribution in [2.24, 2.45) is 0 Å². The van der Waals surface area contributed by atoms with E-state index >= 15 is 0 Å². The number of hydrogen-bond donors (Lipinski definition) is 0. The van der Waals surface area contributed by atoms with E-state index in [4.69, 9.17) is 13.9 Å². The molecule has 0 aliphatic carbocycles. The van der Waals surface area contributed by atoms with Gasteiger partial charge in [0.05, 0.1) is 20.8 Å². The van der Waals surface area contributed by atoms with Crippen molar-refractivity contribution in [1.82, 2.24) is 19.7 Å². The molecule has 11 heteroatoms. The van der Waals surface area contributed by atoms with E-state index in [1.807, 2.05) is 9.80 Å². The van der Waals surface area contributed by atoms with E-state index in [0.29, 0.717) is 87.7 Å². The van der Waals surface area contributed by atoms with Crippen LogP contribution in [0.1, 0.15) is 21.9 Å². The molecular formula is C24H30N6O5. The van der Waals surface area contributed by atoms with E-state index in [1.54, 1.807) is 44.2 Å². The van der Waals surface area contributed by atoms with Gasteiger partial charge in [-0.15, -0.1) is 0 Å². The van der Waals surface area contributed by atoms with Crippen molar-refractivity contribution >= 4 is 17.7 Å². The summed E-state index contributed by atoms with van der Waals surface area (Å²) < 4.78 is 16.1. The first-order chi connectivity index (χ1) is 16.9. The minimum Gasteiger partial charge on any atom is -0.493 e. The maximum Gasteiger partial charge on any atom is 0.254 e. The highest BCUT2D eigenvalue weighted by molar-refractivity contribution is 5.95. The summed E-state index contributed by atoms with van der Waals surface area (Å²) in [4.78, 5) is 37.6. The van der Waals surface area contributed by atoms with Gasteiger partial charge in [-0.25, -0.2) is 4.98 Å². The van der Waals surface area contributed by atoms with Crippen LogP contribution in [-0.2, 0) is 4.79 Å². The van der Waals surface area contributed by atoms with E-state index in [2.05, 4.69) is 16.0 Å². The third-order valence-electron chi connectivity index (χ3n) is 6.39. The third kappa shape index (κ3) is 5.33. The third-order valence-corrected chi connectivity index (χ3v) is 6.39. The molecule has 11 nitrogen and oxygen atoms in total. The molecule has 2 aliphatic rings. The fraction of sp³-hybridized carbons (Fsp3) is 0.500. The number of carbonyl (C=O) groups excluding carboxylic acids is 2. The largest absolute Gasteiger partial charge is 0.493 e. The Bertz CT molecular complexity index is 1110. The van der Waals surface area contributed by atoms with Crippen LogP contribution in [0, 0.1) is 18.3 Å². The van der Waals surface area contributed by atoms with Crippen LogP contribution in [0.15, 0.2) is 22.6 Å². The Kier molecular flexibility index (Phi) is 7.41. The predicted octanol–water partition coefficient (Wildman–Crippen LogP) is 0.979.